The molecule has 2 heterocycles. The molecule has 1 fully saturated rings. The van der Waals surface area contributed by atoms with Crippen molar-refractivity contribution in [3.63, 3.8) is 0 Å². The fourth-order valence-electron chi connectivity index (χ4n) is 3.01. The normalized spacial score (nSPS) is 16.4. The van der Waals surface area contributed by atoms with Crippen molar-refractivity contribution in [2.45, 2.75) is 18.9 Å². The Bertz CT molecular complexity index is 1020. The molecular weight excluding hydrogens is 346 g/mol. The third-order valence-corrected chi connectivity index (χ3v) is 4.44. The first-order valence-corrected chi connectivity index (χ1v) is 8.83. The molecule has 4 rings (SSSR count). The SMILES string of the molecule is O=C(Nn1cnc2ccccc2c1=O)c1cccc(OCC2CCCO2)c1. The Labute approximate surface area is 155 Å². The minimum atomic E-state index is -0.420. The second-order valence-corrected chi connectivity index (χ2v) is 6.35. The van der Waals surface area contributed by atoms with Gasteiger partial charge in [-0.05, 0) is 43.2 Å². The van der Waals surface area contributed by atoms with Gasteiger partial charge >= 0.3 is 0 Å². The zero-order chi connectivity index (χ0) is 18.6. The van der Waals surface area contributed by atoms with Crippen LogP contribution in [0.4, 0.5) is 0 Å². The maximum Gasteiger partial charge on any atom is 0.280 e. The highest BCUT2D eigenvalue weighted by atomic mass is 16.5. The smallest absolute Gasteiger partial charge is 0.280 e. The van der Waals surface area contributed by atoms with Gasteiger partial charge in [-0.25, -0.2) is 9.66 Å². The van der Waals surface area contributed by atoms with Gasteiger partial charge in [0.15, 0.2) is 0 Å². The van der Waals surface area contributed by atoms with Crippen LogP contribution >= 0.6 is 0 Å². The molecule has 1 aliphatic heterocycles. The molecule has 3 aromatic rings. The Morgan fingerprint density at radius 3 is 3.00 bits per heavy atom. The first kappa shape index (κ1) is 17.2. The van der Waals surface area contributed by atoms with E-state index in [0.717, 1.165) is 24.1 Å². The predicted octanol–water partition coefficient (Wildman–Crippen LogP) is 2.34. The summed E-state index contributed by atoms with van der Waals surface area (Å²) in [7, 11) is 0. The predicted molar refractivity (Wildman–Crippen MR) is 101 cm³/mol. The third kappa shape index (κ3) is 3.83. The molecule has 2 aromatic carbocycles. The molecule has 0 radical (unpaired) electrons. The van der Waals surface area contributed by atoms with E-state index >= 15 is 0 Å². The van der Waals surface area contributed by atoms with Crippen molar-refractivity contribution in [3.05, 3.63) is 70.8 Å². The number of hydrogen-bond donors (Lipinski definition) is 1. The zero-order valence-electron chi connectivity index (χ0n) is 14.6. The maximum atomic E-state index is 12.5. The van der Waals surface area contributed by atoms with Crippen molar-refractivity contribution in [2.24, 2.45) is 0 Å². The van der Waals surface area contributed by atoms with E-state index in [9.17, 15) is 9.59 Å². The number of amides is 1. The van der Waals surface area contributed by atoms with Crippen LogP contribution in [0.25, 0.3) is 10.9 Å². The number of carbonyl (C=O) groups is 1. The number of nitrogens with zero attached hydrogens (tertiary/aromatic N) is 2. The Morgan fingerprint density at radius 2 is 2.15 bits per heavy atom. The van der Waals surface area contributed by atoms with Gasteiger partial charge in [0.25, 0.3) is 11.5 Å². The summed E-state index contributed by atoms with van der Waals surface area (Å²) in [6, 6.07) is 13.8. The lowest BCUT2D eigenvalue weighted by Gasteiger charge is -2.12. The van der Waals surface area contributed by atoms with Crippen LogP contribution in [0.5, 0.6) is 5.75 Å². The van der Waals surface area contributed by atoms with Crippen molar-refractivity contribution in [1.29, 1.82) is 0 Å². The summed E-state index contributed by atoms with van der Waals surface area (Å²) < 4.78 is 12.3. The second kappa shape index (κ2) is 7.59. The fraction of sp³-hybridized carbons (Fsp3) is 0.250. The number of benzene rings is 2. The van der Waals surface area contributed by atoms with Gasteiger partial charge in [0.05, 0.1) is 17.0 Å². The van der Waals surface area contributed by atoms with Crippen LogP contribution < -0.4 is 15.7 Å². The molecule has 1 aliphatic rings. The summed E-state index contributed by atoms with van der Waals surface area (Å²) in [4.78, 5) is 29.2. The Kier molecular flexibility index (Phi) is 4.84. The molecule has 1 amide bonds. The topological polar surface area (TPSA) is 82.5 Å². The second-order valence-electron chi connectivity index (χ2n) is 6.35. The number of fused-ring (bicyclic) bond motifs is 1. The van der Waals surface area contributed by atoms with Crippen molar-refractivity contribution >= 4 is 16.8 Å². The summed E-state index contributed by atoms with van der Waals surface area (Å²) in [6.45, 7) is 1.23. The number of rotatable bonds is 5. The molecule has 27 heavy (non-hydrogen) atoms. The van der Waals surface area contributed by atoms with E-state index in [2.05, 4.69) is 10.4 Å². The van der Waals surface area contributed by atoms with E-state index < -0.39 is 5.91 Å². The molecule has 1 unspecified atom stereocenters. The van der Waals surface area contributed by atoms with Crippen LogP contribution in [-0.4, -0.2) is 34.9 Å². The van der Waals surface area contributed by atoms with Gasteiger partial charge in [-0.15, -0.1) is 0 Å². The van der Waals surface area contributed by atoms with Crippen molar-refractivity contribution in [1.82, 2.24) is 9.66 Å². The Morgan fingerprint density at radius 1 is 1.26 bits per heavy atom. The molecule has 1 aromatic heterocycles. The van der Waals surface area contributed by atoms with E-state index in [1.807, 2.05) is 0 Å². The van der Waals surface area contributed by atoms with Gasteiger partial charge in [0.2, 0.25) is 0 Å². The average molecular weight is 365 g/mol. The van der Waals surface area contributed by atoms with Gasteiger partial charge in [0, 0.05) is 12.2 Å². The lowest BCUT2D eigenvalue weighted by Crippen LogP contribution is -2.33. The van der Waals surface area contributed by atoms with Crippen molar-refractivity contribution in [2.75, 3.05) is 18.6 Å². The quantitative estimate of drug-likeness (QED) is 0.750. The number of ether oxygens (including phenoxy) is 2. The lowest BCUT2D eigenvalue weighted by atomic mass is 10.2. The van der Waals surface area contributed by atoms with Gasteiger partial charge < -0.3 is 9.47 Å². The van der Waals surface area contributed by atoms with Crippen molar-refractivity contribution < 1.29 is 14.3 Å². The summed E-state index contributed by atoms with van der Waals surface area (Å²) >= 11 is 0. The largest absolute Gasteiger partial charge is 0.491 e. The highest BCUT2D eigenvalue weighted by Gasteiger charge is 2.16. The average Bonchev–Trinajstić information content (AvgIpc) is 3.22. The van der Waals surface area contributed by atoms with Crippen LogP contribution in [0, 0.1) is 0 Å². The van der Waals surface area contributed by atoms with E-state index in [1.165, 1.54) is 6.33 Å². The first-order chi connectivity index (χ1) is 13.2. The first-order valence-electron chi connectivity index (χ1n) is 8.83. The molecule has 0 saturated carbocycles. The Balaban J connectivity index is 1.49. The fourth-order valence-corrected chi connectivity index (χ4v) is 3.01. The summed E-state index contributed by atoms with van der Waals surface area (Å²) in [6.07, 6.45) is 3.44. The van der Waals surface area contributed by atoms with Crippen LogP contribution in [-0.2, 0) is 4.74 Å². The number of aromatic nitrogens is 2. The molecule has 0 aliphatic carbocycles. The molecule has 7 nitrogen and oxygen atoms in total. The summed E-state index contributed by atoms with van der Waals surface area (Å²) in [5.41, 5.74) is 3.20. The number of carbonyl (C=O) groups excluding carboxylic acids is 1. The molecule has 0 bridgehead atoms. The van der Waals surface area contributed by atoms with E-state index in [-0.39, 0.29) is 11.7 Å². The van der Waals surface area contributed by atoms with E-state index in [1.54, 1.807) is 48.5 Å². The molecule has 1 saturated heterocycles. The molecule has 7 heteroatoms. The van der Waals surface area contributed by atoms with Crippen LogP contribution in [0.2, 0.25) is 0 Å². The Hall–Kier alpha value is -3.19. The minimum absolute atomic E-state index is 0.102. The highest BCUT2D eigenvalue weighted by Crippen LogP contribution is 2.17. The molecule has 0 spiro atoms. The van der Waals surface area contributed by atoms with Crippen molar-refractivity contribution in [3.8, 4) is 5.75 Å². The standard InChI is InChI=1S/C20H19N3O4/c24-19(22-23-13-21-18-9-2-1-8-17(18)20(23)25)14-5-3-6-15(11-14)27-12-16-7-4-10-26-16/h1-3,5-6,8-9,11,13,16H,4,7,10,12H2,(H,22,24). The lowest BCUT2D eigenvalue weighted by molar-refractivity contribution is 0.0679. The number of para-hydroxylation sites is 1. The van der Waals surface area contributed by atoms with Gasteiger partial charge in [0.1, 0.15) is 18.7 Å². The number of hydrogen-bond acceptors (Lipinski definition) is 5. The molecule has 1 N–H and O–H groups in total. The number of nitrogens with one attached hydrogen (secondary N) is 1. The summed E-state index contributed by atoms with van der Waals surface area (Å²) in [5, 5.41) is 0.439. The highest BCUT2D eigenvalue weighted by molar-refractivity contribution is 6.00. The van der Waals surface area contributed by atoms with E-state index in [0.29, 0.717) is 28.8 Å². The third-order valence-electron chi connectivity index (χ3n) is 4.44. The van der Waals surface area contributed by atoms with Gasteiger partial charge in [-0.1, -0.05) is 18.2 Å². The molecular formula is C20H19N3O4. The zero-order valence-corrected chi connectivity index (χ0v) is 14.6. The molecule has 138 valence electrons. The van der Waals surface area contributed by atoms with Crippen LogP contribution in [0.15, 0.2) is 59.7 Å². The monoisotopic (exact) mass is 365 g/mol. The maximum absolute atomic E-state index is 12.5. The van der Waals surface area contributed by atoms with Crippen LogP contribution in [0.1, 0.15) is 23.2 Å². The summed E-state index contributed by atoms with van der Waals surface area (Å²) in [5.74, 6) is 0.166. The molecule has 1 atom stereocenters. The van der Waals surface area contributed by atoms with E-state index in [4.69, 9.17) is 9.47 Å². The minimum Gasteiger partial charge on any atom is -0.491 e. The van der Waals surface area contributed by atoms with Gasteiger partial charge in [-0.2, -0.15) is 0 Å². The van der Waals surface area contributed by atoms with Crippen LogP contribution in [0.3, 0.4) is 0 Å². The van der Waals surface area contributed by atoms with Gasteiger partial charge in [-0.3, -0.25) is 15.0 Å².